The predicted octanol–water partition coefficient (Wildman–Crippen LogP) is 8.10. The minimum atomic E-state index is -1.60. The van der Waals surface area contributed by atoms with Gasteiger partial charge in [-0.05, 0) is 70.6 Å². The molecule has 1 rings (SSSR count). The number of hydrogen-bond acceptors (Lipinski definition) is 10. The fraction of sp³-hybridized carbons (Fsp3) is 0.767. The zero-order valence-electron chi connectivity index (χ0n) is 33.0. The van der Waals surface area contributed by atoms with E-state index in [9.17, 15) is 30.0 Å². The lowest BCUT2D eigenvalue weighted by Crippen LogP contribution is -2.59. The molecule has 10 nitrogen and oxygen atoms in total. The van der Waals surface area contributed by atoms with E-state index in [-0.39, 0.29) is 26.1 Å². The summed E-state index contributed by atoms with van der Waals surface area (Å²) in [5, 5.41) is 40.0. The molecular formula is C43H74O10. The number of carbonyl (C=O) groups excluding carboxylic acids is 2. The molecule has 1 aliphatic rings. The van der Waals surface area contributed by atoms with Crippen LogP contribution in [0.3, 0.4) is 0 Å². The van der Waals surface area contributed by atoms with E-state index in [1.165, 1.54) is 38.5 Å². The van der Waals surface area contributed by atoms with Crippen molar-refractivity contribution >= 4 is 11.9 Å². The first-order valence-electron chi connectivity index (χ1n) is 20.7. The molecule has 4 N–H and O–H groups in total. The largest absolute Gasteiger partial charge is 0.462 e. The van der Waals surface area contributed by atoms with E-state index in [4.69, 9.17) is 18.9 Å². The van der Waals surface area contributed by atoms with Gasteiger partial charge in [0.1, 0.15) is 31.0 Å². The fourth-order valence-electron chi connectivity index (χ4n) is 5.82. The van der Waals surface area contributed by atoms with Gasteiger partial charge < -0.3 is 39.4 Å². The molecule has 1 fully saturated rings. The predicted molar refractivity (Wildman–Crippen MR) is 210 cm³/mol. The second kappa shape index (κ2) is 34.2. The number of ether oxygens (including phenoxy) is 4. The number of unbranched alkanes of at least 4 members (excludes halogenated alkanes) is 14. The van der Waals surface area contributed by atoms with E-state index in [1.807, 2.05) is 0 Å². The van der Waals surface area contributed by atoms with Crippen molar-refractivity contribution in [2.75, 3.05) is 19.8 Å². The van der Waals surface area contributed by atoms with Crippen molar-refractivity contribution in [1.29, 1.82) is 0 Å². The third kappa shape index (κ3) is 26.2. The topological polar surface area (TPSA) is 152 Å². The Hall–Kier alpha value is -2.34. The van der Waals surface area contributed by atoms with Gasteiger partial charge in [0.2, 0.25) is 0 Å². The first kappa shape index (κ1) is 48.7. The fourth-order valence-corrected chi connectivity index (χ4v) is 5.82. The molecule has 1 aliphatic heterocycles. The molecule has 0 aromatic carbocycles. The molecule has 0 aromatic rings. The molecule has 2 unspecified atom stereocenters. The molecule has 0 bridgehead atoms. The second-order valence-electron chi connectivity index (χ2n) is 14.1. The number of aliphatic hydroxyl groups excluding tert-OH is 4. The Kier molecular flexibility index (Phi) is 31.4. The monoisotopic (exact) mass is 751 g/mol. The summed E-state index contributed by atoms with van der Waals surface area (Å²) in [6, 6.07) is 0. The van der Waals surface area contributed by atoms with Crippen molar-refractivity contribution in [2.45, 2.75) is 192 Å². The molecule has 306 valence electrons. The highest BCUT2D eigenvalue weighted by atomic mass is 16.7. The maximum absolute atomic E-state index is 12.7. The van der Waals surface area contributed by atoms with E-state index in [2.05, 4.69) is 62.5 Å². The molecule has 0 aliphatic carbocycles. The van der Waals surface area contributed by atoms with Crippen molar-refractivity contribution in [3.63, 3.8) is 0 Å². The van der Waals surface area contributed by atoms with Crippen molar-refractivity contribution in [3.05, 3.63) is 48.6 Å². The SMILES string of the molecule is CCCC/C=C/CCCCCCCC(=O)OC[C@H](CO[C@@H]1O[C@H](CO)[C@H](O)C(O)C1O)OC(=O)CCCCCC/C=C/C/C=C/C/C=C/CCCCC. The maximum atomic E-state index is 12.7. The van der Waals surface area contributed by atoms with Gasteiger partial charge in [0, 0.05) is 12.8 Å². The van der Waals surface area contributed by atoms with E-state index in [0.29, 0.717) is 12.8 Å². The summed E-state index contributed by atoms with van der Waals surface area (Å²) in [6.45, 7) is 3.30. The van der Waals surface area contributed by atoms with Gasteiger partial charge in [-0.3, -0.25) is 9.59 Å². The van der Waals surface area contributed by atoms with Crippen LogP contribution in [0.5, 0.6) is 0 Å². The zero-order chi connectivity index (χ0) is 38.8. The first-order valence-corrected chi connectivity index (χ1v) is 20.7. The van der Waals surface area contributed by atoms with Crippen molar-refractivity contribution in [2.24, 2.45) is 0 Å². The van der Waals surface area contributed by atoms with Crippen LogP contribution >= 0.6 is 0 Å². The van der Waals surface area contributed by atoms with Crippen LogP contribution in [0.2, 0.25) is 0 Å². The summed E-state index contributed by atoms with van der Waals surface area (Å²) in [6.07, 6.45) is 31.2. The van der Waals surface area contributed by atoms with Crippen LogP contribution in [0, 0.1) is 0 Å². The van der Waals surface area contributed by atoms with E-state index in [0.717, 1.165) is 77.0 Å². The Bertz CT molecular complexity index is 1010. The lowest BCUT2D eigenvalue weighted by Gasteiger charge is -2.39. The molecular weight excluding hydrogens is 676 g/mol. The van der Waals surface area contributed by atoms with Crippen molar-refractivity contribution < 1.29 is 49.0 Å². The van der Waals surface area contributed by atoms with E-state index < -0.39 is 55.4 Å². The van der Waals surface area contributed by atoms with Crippen LogP contribution in [0.25, 0.3) is 0 Å². The normalized spacial score (nSPS) is 21.4. The Morgan fingerprint density at radius 3 is 1.66 bits per heavy atom. The molecule has 1 heterocycles. The van der Waals surface area contributed by atoms with Crippen LogP contribution in [0.1, 0.15) is 155 Å². The minimum Gasteiger partial charge on any atom is -0.462 e. The molecule has 10 heteroatoms. The van der Waals surface area contributed by atoms with Crippen LogP contribution in [0.15, 0.2) is 48.6 Å². The van der Waals surface area contributed by atoms with Gasteiger partial charge in [-0.2, -0.15) is 0 Å². The zero-order valence-corrected chi connectivity index (χ0v) is 33.0. The van der Waals surface area contributed by atoms with Crippen LogP contribution < -0.4 is 0 Å². The van der Waals surface area contributed by atoms with Crippen molar-refractivity contribution in [1.82, 2.24) is 0 Å². The number of rotatable bonds is 33. The molecule has 0 saturated carbocycles. The number of esters is 2. The van der Waals surface area contributed by atoms with Gasteiger partial charge in [-0.25, -0.2) is 0 Å². The summed E-state index contributed by atoms with van der Waals surface area (Å²) < 4.78 is 22.0. The Labute approximate surface area is 320 Å². The average molecular weight is 751 g/mol. The highest BCUT2D eigenvalue weighted by Crippen LogP contribution is 2.22. The Morgan fingerprint density at radius 2 is 1.08 bits per heavy atom. The standard InChI is InChI=1S/C43H74O10/c1-3-5-7-9-11-13-15-16-17-18-19-20-22-24-26-28-30-32-39(46)52-36(35-51-43-42(49)41(48)40(47)37(33-44)53-43)34-50-38(45)31-29-27-25-23-21-14-12-10-8-6-4-2/h10-13,16-17,19-20,36-37,40-44,47-49H,3-9,14-15,18,21-35H2,1-2H3/b12-10+,13-11+,17-16+,20-19+/t36-,37-,40+,41?,42?,43-/m1/s1. The molecule has 53 heavy (non-hydrogen) atoms. The van der Waals surface area contributed by atoms with Crippen molar-refractivity contribution in [3.8, 4) is 0 Å². The lowest BCUT2D eigenvalue weighted by atomic mass is 9.99. The number of carbonyl (C=O) groups is 2. The molecule has 0 aromatic heterocycles. The van der Waals surface area contributed by atoms with Crippen LogP contribution in [-0.4, -0.2) is 89.0 Å². The maximum Gasteiger partial charge on any atom is 0.306 e. The van der Waals surface area contributed by atoms with E-state index in [1.54, 1.807) is 0 Å². The number of allylic oxidation sites excluding steroid dienone is 8. The third-order valence-corrected chi connectivity index (χ3v) is 9.19. The molecule has 1 saturated heterocycles. The second-order valence-corrected chi connectivity index (χ2v) is 14.1. The van der Waals surface area contributed by atoms with Gasteiger partial charge in [0.05, 0.1) is 13.2 Å². The van der Waals surface area contributed by atoms with Crippen LogP contribution in [0.4, 0.5) is 0 Å². The first-order chi connectivity index (χ1) is 25.8. The Balaban J connectivity index is 2.39. The third-order valence-electron chi connectivity index (χ3n) is 9.19. The van der Waals surface area contributed by atoms with Gasteiger partial charge in [0.15, 0.2) is 12.4 Å². The van der Waals surface area contributed by atoms with Gasteiger partial charge in [0.25, 0.3) is 0 Å². The molecule has 0 spiro atoms. The summed E-state index contributed by atoms with van der Waals surface area (Å²) in [5.41, 5.74) is 0. The van der Waals surface area contributed by atoms with Gasteiger partial charge in [-0.1, -0.05) is 120 Å². The average Bonchev–Trinajstić information content (AvgIpc) is 3.15. The molecule has 6 atom stereocenters. The van der Waals surface area contributed by atoms with Crippen LogP contribution in [-0.2, 0) is 28.5 Å². The number of aliphatic hydroxyl groups is 4. The summed E-state index contributed by atoms with van der Waals surface area (Å²) in [4.78, 5) is 25.2. The van der Waals surface area contributed by atoms with E-state index >= 15 is 0 Å². The quantitative estimate of drug-likeness (QED) is 0.0294. The highest BCUT2D eigenvalue weighted by Gasteiger charge is 2.44. The summed E-state index contributed by atoms with van der Waals surface area (Å²) in [5.74, 6) is -0.848. The summed E-state index contributed by atoms with van der Waals surface area (Å²) >= 11 is 0. The van der Waals surface area contributed by atoms with Gasteiger partial charge in [-0.15, -0.1) is 0 Å². The highest BCUT2D eigenvalue weighted by molar-refractivity contribution is 5.70. The summed E-state index contributed by atoms with van der Waals surface area (Å²) in [7, 11) is 0. The number of hydrogen-bond donors (Lipinski definition) is 4. The van der Waals surface area contributed by atoms with Gasteiger partial charge >= 0.3 is 11.9 Å². The Morgan fingerprint density at radius 1 is 0.585 bits per heavy atom. The molecule has 0 radical (unpaired) electrons. The lowest BCUT2D eigenvalue weighted by molar-refractivity contribution is -0.305. The molecule has 0 amide bonds. The minimum absolute atomic E-state index is 0.201. The smallest absolute Gasteiger partial charge is 0.306 e.